The van der Waals surface area contributed by atoms with Gasteiger partial charge in [-0.2, -0.15) is 13.2 Å². The van der Waals surface area contributed by atoms with Crippen molar-refractivity contribution in [1.29, 1.82) is 0 Å². The van der Waals surface area contributed by atoms with E-state index in [1.807, 2.05) is 13.1 Å². The number of halogens is 4. The van der Waals surface area contributed by atoms with Crippen LogP contribution in [0.15, 0.2) is 48.4 Å². The third kappa shape index (κ3) is 4.40. The van der Waals surface area contributed by atoms with Crippen LogP contribution in [-0.4, -0.2) is 11.0 Å². The second-order valence-corrected chi connectivity index (χ2v) is 6.68. The van der Waals surface area contributed by atoms with Crippen LogP contribution in [0.5, 0.6) is 0 Å². The molecule has 0 bridgehead atoms. The number of pyridine rings is 1. The standard InChI is InChI=1S/C20H21F4N3/c1-3-15-9-16(11-25-15)27-12(2)13-4-6-17(18(21)8-13)14-5-7-19(26-10-14)20(22,23)24/h4-8,10-12,15,25,27H,3,9H2,1-2H3. The number of rotatable bonds is 5. The first-order valence-corrected chi connectivity index (χ1v) is 8.82. The first-order valence-electron chi connectivity index (χ1n) is 8.82. The van der Waals surface area contributed by atoms with Gasteiger partial charge in [-0.15, -0.1) is 0 Å². The maximum Gasteiger partial charge on any atom is 0.433 e. The Morgan fingerprint density at radius 2 is 2.04 bits per heavy atom. The van der Waals surface area contributed by atoms with E-state index in [9.17, 15) is 17.6 Å². The van der Waals surface area contributed by atoms with Crippen LogP contribution in [0.1, 0.15) is 44.0 Å². The molecule has 3 nitrogen and oxygen atoms in total. The highest BCUT2D eigenvalue weighted by Gasteiger charge is 2.32. The third-order valence-corrected chi connectivity index (χ3v) is 4.71. The predicted octanol–water partition coefficient (Wildman–Crippen LogP) is 5.17. The molecule has 0 amide bonds. The number of hydrogen-bond acceptors (Lipinski definition) is 3. The second kappa shape index (κ2) is 7.58. The fourth-order valence-electron chi connectivity index (χ4n) is 3.08. The topological polar surface area (TPSA) is 37.0 Å². The zero-order chi connectivity index (χ0) is 19.6. The van der Waals surface area contributed by atoms with Gasteiger partial charge in [0.2, 0.25) is 0 Å². The quantitative estimate of drug-likeness (QED) is 0.704. The van der Waals surface area contributed by atoms with Gasteiger partial charge in [0.05, 0.1) is 0 Å². The number of benzene rings is 1. The van der Waals surface area contributed by atoms with E-state index in [4.69, 9.17) is 0 Å². The van der Waals surface area contributed by atoms with E-state index >= 15 is 0 Å². The number of hydrogen-bond donors (Lipinski definition) is 2. The third-order valence-electron chi connectivity index (χ3n) is 4.71. The van der Waals surface area contributed by atoms with Gasteiger partial charge in [-0.25, -0.2) is 4.39 Å². The van der Waals surface area contributed by atoms with Crippen molar-refractivity contribution in [3.05, 3.63) is 65.5 Å². The minimum atomic E-state index is -4.51. The molecule has 1 aliphatic rings. The highest BCUT2D eigenvalue weighted by molar-refractivity contribution is 5.63. The maximum atomic E-state index is 14.6. The van der Waals surface area contributed by atoms with E-state index in [0.29, 0.717) is 11.6 Å². The van der Waals surface area contributed by atoms with Crippen LogP contribution < -0.4 is 10.6 Å². The molecule has 0 saturated carbocycles. The van der Waals surface area contributed by atoms with Gasteiger partial charge in [0.25, 0.3) is 0 Å². The normalized spacial score (nSPS) is 18.0. The van der Waals surface area contributed by atoms with Crippen molar-refractivity contribution in [3.8, 4) is 11.1 Å². The Labute approximate surface area is 155 Å². The molecular formula is C20H21F4N3. The number of aromatic nitrogens is 1. The van der Waals surface area contributed by atoms with Crippen molar-refractivity contribution in [2.24, 2.45) is 0 Å². The summed E-state index contributed by atoms with van der Waals surface area (Å²) in [5, 5.41) is 6.65. The molecule has 3 rings (SSSR count). The van der Waals surface area contributed by atoms with E-state index in [1.165, 1.54) is 12.1 Å². The van der Waals surface area contributed by atoms with Crippen LogP contribution in [-0.2, 0) is 6.18 Å². The van der Waals surface area contributed by atoms with Gasteiger partial charge in [-0.05, 0) is 31.0 Å². The monoisotopic (exact) mass is 379 g/mol. The molecule has 2 aromatic rings. The molecule has 0 saturated heterocycles. The molecule has 2 N–H and O–H groups in total. The van der Waals surface area contributed by atoms with Crippen molar-refractivity contribution in [3.63, 3.8) is 0 Å². The molecule has 0 radical (unpaired) electrons. The summed E-state index contributed by atoms with van der Waals surface area (Å²) in [4.78, 5) is 3.39. The molecule has 0 fully saturated rings. The van der Waals surface area contributed by atoms with Gasteiger partial charge >= 0.3 is 6.18 Å². The summed E-state index contributed by atoms with van der Waals surface area (Å²) in [6.07, 6.45) is 0.410. The summed E-state index contributed by atoms with van der Waals surface area (Å²) < 4.78 is 52.4. The van der Waals surface area contributed by atoms with Crippen LogP contribution in [0.2, 0.25) is 0 Å². The van der Waals surface area contributed by atoms with Crippen LogP contribution in [0, 0.1) is 5.82 Å². The highest BCUT2D eigenvalue weighted by Crippen LogP contribution is 2.30. The Bertz CT molecular complexity index is 828. The summed E-state index contributed by atoms with van der Waals surface area (Å²) in [7, 11) is 0. The molecule has 7 heteroatoms. The van der Waals surface area contributed by atoms with Crippen LogP contribution in [0.4, 0.5) is 17.6 Å². The Hall–Kier alpha value is -2.57. The molecular weight excluding hydrogens is 358 g/mol. The van der Waals surface area contributed by atoms with Gasteiger partial charge in [0, 0.05) is 47.7 Å². The molecule has 27 heavy (non-hydrogen) atoms. The maximum absolute atomic E-state index is 14.6. The highest BCUT2D eigenvalue weighted by atomic mass is 19.4. The van der Waals surface area contributed by atoms with Crippen molar-refractivity contribution in [1.82, 2.24) is 15.6 Å². The second-order valence-electron chi connectivity index (χ2n) is 6.68. The van der Waals surface area contributed by atoms with Crippen molar-refractivity contribution >= 4 is 0 Å². The molecule has 144 valence electrons. The minimum Gasteiger partial charge on any atom is -0.386 e. The van der Waals surface area contributed by atoms with Crippen LogP contribution >= 0.6 is 0 Å². The lowest BCUT2D eigenvalue weighted by molar-refractivity contribution is -0.141. The van der Waals surface area contributed by atoms with E-state index < -0.39 is 17.7 Å². The Balaban J connectivity index is 1.74. The average molecular weight is 379 g/mol. The van der Waals surface area contributed by atoms with Gasteiger partial charge in [0.15, 0.2) is 0 Å². The fourth-order valence-corrected chi connectivity index (χ4v) is 3.08. The number of alkyl halides is 3. The van der Waals surface area contributed by atoms with E-state index in [1.54, 1.807) is 12.1 Å². The molecule has 1 aromatic heterocycles. The van der Waals surface area contributed by atoms with E-state index in [-0.39, 0.29) is 11.6 Å². The molecule has 2 unspecified atom stereocenters. The zero-order valence-corrected chi connectivity index (χ0v) is 15.1. The molecule has 2 atom stereocenters. The van der Waals surface area contributed by atoms with Crippen LogP contribution in [0.25, 0.3) is 11.1 Å². The molecule has 1 aliphatic heterocycles. The SMILES string of the molecule is CCC1CC(NC(C)c2ccc(-c3ccc(C(F)(F)F)nc3)c(F)c2)=CN1. The van der Waals surface area contributed by atoms with Gasteiger partial charge in [0.1, 0.15) is 11.5 Å². The molecule has 0 spiro atoms. The summed E-state index contributed by atoms with van der Waals surface area (Å²) in [5.41, 5.74) is 1.37. The lowest BCUT2D eigenvalue weighted by Crippen LogP contribution is -2.20. The van der Waals surface area contributed by atoms with Gasteiger partial charge in [-0.3, -0.25) is 4.98 Å². The van der Waals surface area contributed by atoms with Crippen molar-refractivity contribution < 1.29 is 17.6 Å². The Kier molecular flexibility index (Phi) is 5.39. The van der Waals surface area contributed by atoms with Gasteiger partial charge < -0.3 is 10.6 Å². The first-order chi connectivity index (χ1) is 12.8. The zero-order valence-electron chi connectivity index (χ0n) is 15.1. The Morgan fingerprint density at radius 3 is 2.59 bits per heavy atom. The summed E-state index contributed by atoms with van der Waals surface area (Å²) in [5.74, 6) is -0.493. The molecule has 2 heterocycles. The predicted molar refractivity (Wildman–Crippen MR) is 96.1 cm³/mol. The smallest absolute Gasteiger partial charge is 0.386 e. The molecule has 1 aromatic carbocycles. The lowest BCUT2D eigenvalue weighted by Gasteiger charge is -2.18. The largest absolute Gasteiger partial charge is 0.433 e. The fraction of sp³-hybridized carbons (Fsp3) is 0.350. The number of nitrogens with one attached hydrogen (secondary N) is 2. The molecule has 0 aliphatic carbocycles. The van der Waals surface area contributed by atoms with Gasteiger partial charge in [-0.1, -0.05) is 25.1 Å². The number of nitrogens with zero attached hydrogens (tertiary/aromatic N) is 1. The summed E-state index contributed by atoms with van der Waals surface area (Å²) >= 11 is 0. The summed E-state index contributed by atoms with van der Waals surface area (Å²) in [6, 6.07) is 7.17. The Morgan fingerprint density at radius 1 is 1.26 bits per heavy atom. The average Bonchev–Trinajstić information content (AvgIpc) is 3.08. The van der Waals surface area contributed by atoms with E-state index in [2.05, 4.69) is 22.5 Å². The summed E-state index contributed by atoms with van der Waals surface area (Å²) in [6.45, 7) is 4.05. The lowest BCUT2D eigenvalue weighted by atomic mass is 10.0. The first kappa shape index (κ1) is 19.2. The van der Waals surface area contributed by atoms with E-state index in [0.717, 1.165) is 36.4 Å². The van der Waals surface area contributed by atoms with Crippen LogP contribution in [0.3, 0.4) is 0 Å². The minimum absolute atomic E-state index is 0.0945. The van der Waals surface area contributed by atoms with Crippen molar-refractivity contribution in [2.75, 3.05) is 0 Å². The van der Waals surface area contributed by atoms with Crippen molar-refractivity contribution in [2.45, 2.75) is 44.9 Å².